The van der Waals surface area contributed by atoms with Crippen molar-refractivity contribution in [2.45, 2.75) is 44.6 Å². The first-order chi connectivity index (χ1) is 14.0. The highest BCUT2D eigenvalue weighted by atomic mass is 16.6. The number of likely N-dealkylation sites (N-methyl/N-ethyl adjacent to an activating group) is 2. The highest BCUT2D eigenvalue weighted by Crippen LogP contribution is 2.32. The molecule has 5 nitrogen and oxygen atoms in total. The van der Waals surface area contributed by atoms with Gasteiger partial charge >= 0.3 is 5.97 Å². The Morgan fingerprint density at radius 3 is 2.14 bits per heavy atom. The minimum absolute atomic E-state index is 0.112. The molecule has 2 aliphatic rings. The van der Waals surface area contributed by atoms with Crippen LogP contribution in [0.5, 0.6) is 0 Å². The quantitative estimate of drug-likeness (QED) is 0.359. The predicted octanol–water partition coefficient (Wildman–Crippen LogP) is 3.55. The molecule has 3 rings (SSSR count). The van der Waals surface area contributed by atoms with Gasteiger partial charge < -0.3 is 18.4 Å². The number of ether oxygens (including phenoxy) is 2. The number of hydrogen-bond donors (Lipinski definition) is 0. The third-order valence-electron chi connectivity index (χ3n) is 6.94. The summed E-state index contributed by atoms with van der Waals surface area (Å²) < 4.78 is 13.4. The topological polar surface area (TPSA) is 35.5 Å². The molecular formula is C24H40N2O3+2. The van der Waals surface area contributed by atoms with Crippen molar-refractivity contribution in [3.8, 4) is 0 Å². The van der Waals surface area contributed by atoms with Crippen LogP contribution >= 0.6 is 0 Å². The Bertz CT molecular complexity index is 622. The van der Waals surface area contributed by atoms with Crippen LogP contribution in [0.15, 0.2) is 30.3 Å². The maximum atomic E-state index is 13.1. The summed E-state index contributed by atoms with van der Waals surface area (Å²) in [5.41, 5.74) is 1.06. The molecule has 2 fully saturated rings. The fourth-order valence-electron chi connectivity index (χ4n) is 5.04. The maximum absolute atomic E-state index is 13.1. The molecule has 0 radical (unpaired) electrons. The Labute approximate surface area is 176 Å². The molecule has 0 N–H and O–H groups in total. The first-order valence-corrected chi connectivity index (χ1v) is 11.5. The zero-order valence-corrected chi connectivity index (χ0v) is 18.5. The van der Waals surface area contributed by atoms with Crippen molar-refractivity contribution in [3.05, 3.63) is 35.9 Å². The molecule has 0 aromatic heterocycles. The van der Waals surface area contributed by atoms with Crippen molar-refractivity contribution in [2.24, 2.45) is 0 Å². The summed E-state index contributed by atoms with van der Waals surface area (Å²) in [7, 11) is 4.53. The normalized spacial score (nSPS) is 22.0. The third kappa shape index (κ3) is 6.27. The summed E-state index contributed by atoms with van der Waals surface area (Å²) in [5, 5.41) is 0. The fraction of sp³-hybridized carbons (Fsp3) is 0.708. The van der Waals surface area contributed by atoms with Crippen LogP contribution in [0.2, 0.25) is 0 Å². The molecule has 1 unspecified atom stereocenters. The van der Waals surface area contributed by atoms with E-state index in [1.807, 2.05) is 18.2 Å². The second-order valence-electron chi connectivity index (χ2n) is 9.43. The zero-order valence-electron chi connectivity index (χ0n) is 18.5. The van der Waals surface area contributed by atoms with Crippen LogP contribution < -0.4 is 0 Å². The number of quaternary nitrogens is 2. The average molecular weight is 405 g/mol. The monoisotopic (exact) mass is 404 g/mol. The van der Waals surface area contributed by atoms with Crippen LogP contribution in [0.1, 0.15) is 50.1 Å². The fourth-order valence-corrected chi connectivity index (χ4v) is 5.04. The van der Waals surface area contributed by atoms with Gasteiger partial charge in [0.25, 0.3) is 0 Å². The lowest BCUT2D eigenvalue weighted by Crippen LogP contribution is -2.53. The van der Waals surface area contributed by atoms with Gasteiger partial charge in [0, 0.05) is 5.56 Å². The summed E-state index contributed by atoms with van der Waals surface area (Å²) in [5.74, 6) is -0.112. The highest BCUT2D eigenvalue weighted by molar-refractivity contribution is 5.76. The summed E-state index contributed by atoms with van der Waals surface area (Å²) in [6.45, 7) is 7.19. The van der Waals surface area contributed by atoms with Gasteiger partial charge in [-0.2, -0.15) is 0 Å². The van der Waals surface area contributed by atoms with Crippen molar-refractivity contribution < 1.29 is 23.2 Å². The van der Waals surface area contributed by atoms with Crippen LogP contribution in [-0.4, -0.2) is 81.6 Å². The van der Waals surface area contributed by atoms with E-state index in [9.17, 15) is 4.79 Å². The molecule has 2 aliphatic heterocycles. The van der Waals surface area contributed by atoms with Gasteiger partial charge in [-0.25, -0.2) is 4.79 Å². The summed E-state index contributed by atoms with van der Waals surface area (Å²) in [4.78, 5) is 13.1. The zero-order chi connectivity index (χ0) is 20.6. The van der Waals surface area contributed by atoms with Gasteiger partial charge in [0.15, 0.2) is 0 Å². The Hall–Kier alpha value is -1.43. The van der Waals surface area contributed by atoms with Crippen molar-refractivity contribution in [1.29, 1.82) is 0 Å². The number of likely N-dealkylation sites (tertiary alicyclic amines) is 2. The van der Waals surface area contributed by atoms with E-state index in [4.69, 9.17) is 9.47 Å². The molecule has 1 aromatic carbocycles. The van der Waals surface area contributed by atoms with Gasteiger partial charge in [-0.05, 0) is 38.5 Å². The lowest BCUT2D eigenvalue weighted by molar-refractivity contribution is -0.935. The standard InChI is InChI=1S/C24H40N2O3/c1-25(14-8-4-9-15-25)18-19-28-20-21-29-24(27)23(22-12-6-3-7-13-22)26(2)16-10-5-11-17-26/h3,6-7,12-13,23H,4-5,8-11,14-21H2,1-2H3/q+2. The molecular weight excluding hydrogens is 364 g/mol. The number of carbonyl (C=O) groups excluding carboxylic acids is 1. The van der Waals surface area contributed by atoms with E-state index in [-0.39, 0.29) is 12.0 Å². The van der Waals surface area contributed by atoms with Crippen molar-refractivity contribution in [1.82, 2.24) is 0 Å². The van der Waals surface area contributed by atoms with E-state index >= 15 is 0 Å². The Morgan fingerprint density at radius 2 is 1.48 bits per heavy atom. The van der Waals surface area contributed by atoms with E-state index < -0.39 is 0 Å². The predicted molar refractivity (Wildman–Crippen MR) is 115 cm³/mol. The van der Waals surface area contributed by atoms with E-state index in [1.165, 1.54) is 51.6 Å². The lowest BCUT2D eigenvalue weighted by atomic mass is 9.98. The van der Waals surface area contributed by atoms with Crippen LogP contribution in [-0.2, 0) is 14.3 Å². The molecule has 0 amide bonds. The average Bonchev–Trinajstić information content (AvgIpc) is 2.72. The van der Waals surface area contributed by atoms with E-state index in [2.05, 4.69) is 26.2 Å². The second-order valence-corrected chi connectivity index (χ2v) is 9.43. The third-order valence-corrected chi connectivity index (χ3v) is 6.94. The molecule has 2 saturated heterocycles. The Morgan fingerprint density at radius 1 is 0.862 bits per heavy atom. The van der Waals surface area contributed by atoms with E-state index in [0.717, 1.165) is 40.8 Å². The first kappa shape index (κ1) is 22.3. The minimum atomic E-state index is -0.241. The van der Waals surface area contributed by atoms with E-state index in [0.29, 0.717) is 13.2 Å². The van der Waals surface area contributed by atoms with Crippen LogP contribution in [0.3, 0.4) is 0 Å². The molecule has 0 aliphatic carbocycles. The molecule has 162 valence electrons. The summed E-state index contributed by atoms with van der Waals surface area (Å²) in [6, 6.07) is 9.90. The van der Waals surface area contributed by atoms with Gasteiger partial charge in [0.1, 0.15) is 13.2 Å². The number of hydrogen-bond acceptors (Lipinski definition) is 3. The summed E-state index contributed by atoms with van der Waals surface area (Å²) >= 11 is 0. The van der Waals surface area contributed by atoms with Crippen molar-refractivity contribution >= 4 is 5.97 Å². The lowest BCUT2D eigenvalue weighted by Gasteiger charge is -2.42. The molecule has 5 heteroatoms. The maximum Gasteiger partial charge on any atom is 0.370 e. The van der Waals surface area contributed by atoms with E-state index in [1.54, 1.807) is 0 Å². The van der Waals surface area contributed by atoms with Gasteiger partial charge in [-0.15, -0.1) is 0 Å². The van der Waals surface area contributed by atoms with Crippen molar-refractivity contribution in [3.63, 3.8) is 0 Å². The first-order valence-electron chi connectivity index (χ1n) is 11.5. The molecule has 29 heavy (non-hydrogen) atoms. The largest absolute Gasteiger partial charge is 0.459 e. The van der Waals surface area contributed by atoms with Gasteiger partial charge in [0.2, 0.25) is 6.04 Å². The number of carbonyl (C=O) groups is 1. The molecule has 1 atom stereocenters. The van der Waals surface area contributed by atoms with Gasteiger partial charge in [-0.3, -0.25) is 0 Å². The van der Waals surface area contributed by atoms with Crippen LogP contribution in [0, 0.1) is 0 Å². The van der Waals surface area contributed by atoms with Crippen LogP contribution in [0.4, 0.5) is 0 Å². The number of benzene rings is 1. The smallest absolute Gasteiger partial charge is 0.370 e. The second kappa shape index (κ2) is 10.6. The molecule has 0 saturated carbocycles. The Kier molecular flexibility index (Phi) is 8.10. The van der Waals surface area contributed by atoms with Crippen LogP contribution in [0.25, 0.3) is 0 Å². The number of rotatable bonds is 9. The SMILES string of the molecule is C[N+]1(CCOCCOC(=O)C(c2ccccc2)[N+]2(C)CCCCC2)CCCCC1. The molecule has 0 spiro atoms. The molecule has 2 heterocycles. The van der Waals surface area contributed by atoms with Gasteiger partial charge in [0.05, 0.1) is 53.5 Å². The molecule has 0 bridgehead atoms. The number of nitrogens with zero attached hydrogens (tertiary/aromatic N) is 2. The summed E-state index contributed by atoms with van der Waals surface area (Å²) in [6.07, 6.45) is 7.62. The Balaban J connectivity index is 1.47. The highest BCUT2D eigenvalue weighted by Gasteiger charge is 2.41. The van der Waals surface area contributed by atoms with Gasteiger partial charge in [-0.1, -0.05) is 30.3 Å². The number of esters is 1. The number of piperidine rings is 2. The van der Waals surface area contributed by atoms with Crippen molar-refractivity contribution in [2.75, 3.05) is 66.6 Å². The molecule has 1 aromatic rings. The minimum Gasteiger partial charge on any atom is -0.459 e.